The van der Waals surface area contributed by atoms with Gasteiger partial charge in [0.2, 0.25) is 0 Å². The highest BCUT2D eigenvalue weighted by molar-refractivity contribution is 6.07. The quantitative estimate of drug-likeness (QED) is 0.480. The van der Waals surface area contributed by atoms with Gasteiger partial charge in [0.1, 0.15) is 16.7 Å². The Kier molecular flexibility index (Phi) is 2.48. The van der Waals surface area contributed by atoms with Crippen LogP contribution in [-0.2, 0) is 0 Å². The zero-order chi connectivity index (χ0) is 14.4. The molecule has 0 fully saturated rings. The molecule has 0 unspecified atom stereocenters. The lowest BCUT2D eigenvalue weighted by atomic mass is 10.0. The van der Waals surface area contributed by atoms with Crippen molar-refractivity contribution >= 4 is 21.9 Å². The van der Waals surface area contributed by atoms with Gasteiger partial charge < -0.3 is 8.83 Å². The Morgan fingerprint density at radius 1 is 0.857 bits per heavy atom. The van der Waals surface area contributed by atoms with Crippen LogP contribution >= 0.6 is 0 Å². The molecule has 2 heterocycles. The zero-order valence-electron chi connectivity index (χ0n) is 11.4. The van der Waals surface area contributed by atoms with Gasteiger partial charge in [0, 0.05) is 5.56 Å². The van der Waals surface area contributed by atoms with Gasteiger partial charge in [-0.15, -0.1) is 0 Å². The van der Waals surface area contributed by atoms with E-state index in [9.17, 15) is 4.79 Å². The predicted octanol–water partition coefficient (Wildman–Crippen LogP) is 4.51. The van der Waals surface area contributed by atoms with Crippen LogP contribution in [0, 0.1) is 6.92 Å². The number of fused-ring (bicyclic) bond motifs is 3. The molecule has 0 radical (unpaired) electrons. The molecule has 4 aromatic rings. The summed E-state index contributed by atoms with van der Waals surface area (Å²) in [6, 6.07) is 17.2. The van der Waals surface area contributed by atoms with Gasteiger partial charge in [-0.1, -0.05) is 42.5 Å². The smallest absolute Gasteiger partial charge is 0.348 e. The van der Waals surface area contributed by atoms with Crippen molar-refractivity contribution in [3.8, 4) is 11.1 Å². The Bertz CT molecular complexity index is 1010. The second kappa shape index (κ2) is 4.35. The fourth-order valence-electron chi connectivity index (χ4n) is 2.78. The van der Waals surface area contributed by atoms with E-state index in [0.29, 0.717) is 16.6 Å². The molecule has 4 rings (SSSR count). The van der Waals surface area contributed by atoms with Crippen LogP contribution in [0.4, 0.5) is 0 Å². The van der Waals surface area contributed by atoms with E-state index in [1.807, 2.05) is 55.5 Å². The van der Waals surface area contributed by atoms with Gasteiger partial charge in [0.25, 0.3) is 0 Å². The van der Waals surface area contributed by atoms with Crippen molar-refractivity contribution in [1.82, 2.24) is 0 Å². The monoisotopic (exact) mass is 276 g/mol. The zero-order valence-corrected chi connectivity index (χ0v) is 11.4. The minimum atomic E-state index is -0.362. The average Bonchev–Trinajstić information content (AvgIpc) is 2.86. The minimum Gasteiger partial charge on any atom is -0.460 e. The third-order valence-corrected chi connectivity index (χ3v) is 3.69. The molecule has 0 spiro atoms. The maximum atomic E-state index is 12.4. The molecule has 0 aliphatic carbocycles. The van der Waals surface area contributed by atoms with Gasteiger partial charge >= 0.3 is 5.63 Å². The van der Waals surface area contributed by atoms with Crippen LogP contribution in [0.15, 0.2) is 68.2 Å². The van der Waals surface area contributed by atoms with E-state index in [0.717, 1.165) is 22.3 Å². The van der Waals surface area contributed by atoms with E-state index >= 15 is 0 Å². The molecule has 0 saturated carbocycles. The number of furan rings is 1. The van der Waals surface area contributed by atoms with E-state index in [4.69, 9.17) is 8.83 Å². The molecular formula is C18H12O3. The third-order valence-electron chi connectivity index (χ3n) is 3.69. The van der Waals surface area contributed by atoms with Crippen molar-refractivity contribution in [3.63, 3.8) is 0 Å². The Morgan fingerprint density at radius 2 is 1.57 bits per heavy atom. The van der Waals surface area contributed by atoms with Gasteiger partial charge in [0.15, 0.2) is 5.58 Å². The first-order valence-electron chi connectivity index (χ1n) is 6.76. The van der Waals surface area contributed by atoms with Gasteiger partial charge in [-0.25, -0.2) is 4.79 Å². The fraction of sp³-hybridized carbons (Fsp3) is 0.0556. The number of hydrogen-bond acceptors (Lipinski definition) is 3. The van der Waals surface area contributed by atoms with Crippen LogP contribution in [-0.4, -0.2) is 0 Å². The van der Waals surface area contributed by atoms with Crippen LogP contribution < -0.4 is 5.63 Å². The third kappa shape index (κ3) is 1.71. The van der Waals surface area contributed by atoms with Crippen LogP contribution in [0.3, 0.4) is 0 Å². The van der Waals surface area contributed by atoms with Crippen LogP contribution in [0.1, 0.15) is 5.76 Å². The SMILES string of the molecule is Cc1oc2c(c1-c1ccccc1)c(=O)oc1ccccc12. The molecule has 102 valence electrons. The standard InChI is InChI=1S/C18H12O3/c1-11-15(12-7-3-2-4-8-12)16-17(20-11)13-9-5-6-10-14(13)21-18(16)19/h2-10H,1H3. The highest BCUT2D eigenvalue weighted by Gasteiger charge is 2.19. The number of aryl methyl sites for hydroxylation is 1. The lowest BCUT2D eigenvalue weighted by Crippen LogP contribution is -1.99. The van der Waals surface area contributed by atoms with Crippen molar-refractivity contribution in [2.45, 2.75) is 6.92 Å². The van der Waals surface area contributed by atoms with E-state index in [1.54, 1.807) is 6.07 Å². The second-order valence-electron chi connectivity index (χ2n) is 4.99. The average molecular weight is 276 g/mol. The van der Waals surface area contributed by atoms with Crippen LogP contribution in [0.25, 0.3) is 33.1 Å². The molecule has 2 aromatic heterocycles. The summed E-state index contributed by atoms with van der Waals surface area (Å²) in [6.07, 6.45) is 0. The van der Waals surface area contributed by atoms with E-state index in [1.165, 1.54) is 0 Å². The molecule has 3 nitrogen and oxygen atoms in total. The number of benzene rings is 2. The Hall–Kier alpha value is -2.81. The molecule has 2 aromatic carbocycles. The van der Waals surface area contributed by atoms with Gasteiger partial charge in [0.05, 0.1) is 5.39 Å². The molecule has 0 bridgehead atoms. The summed E-state index contributed by atoms with van der Waals surface area (Å²) >= 11 is 0. The fourth-order valence-corrected chi connectivity index (χ4v) is 2.78. The highest BCUT2D eigenvalue weighted by atomic mass is 16.4. The number of hydrogen-bond donors (Lipinski definition) is 0. The van der Waals surface area contributed by atoms with Crippen LogP contribution in [0.2, 0.25) is 0 Å². The molecule has 0 aliphatic heterocycles. The molecule has 0 aliphatic rings. The van der Waals surface area contributed by atoms with E-state index < -0.39 is 0 Å². The summed E-state index contributed by atoms with van der Waals surface area (Å²) in [6.45, 7) is 1.87. The summed E-state index contributed by atoms with van der Waals surface area (Å²) in [5.74, 6) is 0.722. The maximum Gasteiger partial charge on any atom is 0.348 e. The van der Waals surface area contributed by atoms with Gasteiger partial charge in [-0.2, -0.15) is 0 Å². The summed E-state index contributed by atoms with van der Waals surface area (Å²) in [5.41, 5.74) is 2.54. The van der Waals surface area contributed by atoms with Crippen LogP contribution in [0.5, 0.6) is 0 Å². The Labute approximate surface area is 120 Å². The van der Waals surface area contributed by atoms with Crippen molar-refractivity contribution in [2.24, 2.45) is 0 Å². The first kappa shape index (κ1) is 12.0. The van der Waals surface area contributed by atoms with E-state index in [2.05, 4.69) is 0 Å². The van der Waals surface area contributed by atoms with Gasteiger partial charge in [-0.3, -0.25) is 0 Å². The topological polar surface area (TPSA) is 43.4 Å². The van der Waals surface area contributed by atoms with Gasteiger partial charge in [-0.05, 0) is 24.6 Å². The molecular weight excluding hydrogens is 264 g/mol. The van der Waals surface area contributed by atoms with E-state index in [-0.39, 0.29) is 5.63 Å². The normalized spacial score (nSPS) is 11.3. The predicted molar refractivity (Wildman–Crippen MR) is 82.4 cm³/mol. The Morgan fingerprint density at radius 3 is 2.38 bits per heavy atom. The van der Waals surface area contributed by atoms with Crippen molar-refractivity contribution < 1.29 is 8.83 Å². The van der Waals surface area contributed by atoms with Crippen molar-refractivity contribution in [2.75, 3.05) is 0 Å². The minimum absolute atomic E-state index is 0.362. The summed E-state index contributed by atoms with van der Waals surface area (Å²) in [4.78, 5) is 12.4. The number of para-hydroxylation sites is 1. The molecule has 21 heavy (non-hydrogen) atoms. The highest BCUT2D eigenvalue weighted by Crippen LogP contribution is 2.35. The molecule has 3 heteroatoms. The van der Waals surface area contributed by atoms with Crippen molar-refractivity contribution in [3.05, 3.63) is 70.8 Å². The number of rotatable bonds is 1. The first-order chi connectivity index (χ1) is 10.3. The molecule has 0 atom stereocenters. The van der Waals surface area contributed by atoms with Crippen molar-refractivity contribution in [1.29, 1.82) is 0 Å². The summed E-state index contributed by atoms with van der Waals surface area (Å²) in [7, 11) is 0. The summed E-state index contributed by atoms with van der Waals surface area (Å²) in [5, 5.41) is 1.33. The lowest BCUT2D eigenvalue weighted by molar-refractivity contribution is 0.559. The maximum absolute atomic E-state index is 12.4. The Balaban J connectivity index is 2.22. The molecule has 0 saturated heterocycles. The largest absolute Gasteiger partial charge is 0.460 e. The molecule has 0 N–H and O–H groups in total. The first-order valence-corrected chi connectivity index (χ1v) is 6.76. The molecule has 0 amide bonds. The summed E-state index contributed by atoms with van der Waals surface area (Å²) < 4.78 is 11.3. The second-order valence-corrected chi connectivity index (χ2v) is 4.99. The lowest BCUT2D eigenvalue weighted by Gasteiger charge is -1.99.